The van der Waals surface area contributed by atoms with Crippen molar-refractivity contribution >= 4 is 27.0 Å². The Morgan fingerprint density at radius 3 is 3.20 bits per heavy atom. The summed E-state index contributed by atoms with van der Waals surface area (Å²) in [7, 11) is 0. The lowest BCUT2D eigenvalue weighted by molar-refractivity contribution is 0.135. The molecule has 1 aromatic carbocycles. The number of nitrogens with zero attached hydrogens (tertiary/aromatic N) is 2. The van der Waals surface area contributed by atoms with Gasteiger partial charge in [0.15, 0.2) is 0 Å². The van der Waals surface area contributed by atoms with Gasteiger partial charge in [0.25, 0.3) is 0 Å². The van der Waals surface area contributed by atoms with Crippen molar-refractivity contribution in [2.45, 2.75) is 25.5 Å². The van der Waals surface area contributed by atoms with E-state index in [4.69, 9.17) is 0 Å². The van der Waals surface area contributed by atoms with Crippen LogP contribution in [0.2, 0.25) is 0 Å². The maximum absolute atomic E-state index is 9.85. The quantitative estimate of drug-likeness (QED) is 0.796. The molecule has 2 aromatic rings. The van der Waals surface area contributed by atoms with Crippen LogP contribution < -0.4 is 0 Å². The van der Waals surface area contributed by atoms with Crippen LogP contribution in [0.15, 0.2) is 22.7 Å². The topological polar surface area (TPSA) is 38.0 Å². The fourth-order valence-corrected chi connectivity index (χ4v) is 2.78. The summed E-state index contributed by atoms with van der Waals surface area (Å²) < 4.78 is 3.17. The van der Waals surface area contributed by atoms with Crippen molar-refractivity contribution in [2.24, 2.45) is 0 Å². The Kier molecular flexibility index (Phi) is 2.07. The average Bonchev–Trinajstić information content (AvgIpc) is 2.59. The number of benzene rings is 1. The van der Waals surface area contributed by atoms with Gasteiger partial charge in [-0.2, -0.15) is 0 Å². The summed E-state index contributed by atoms with van der Waals surface area (Å²) in [6.07, 6.45) is 1.43. The van der Waals surface area contributed by atoms with Crippen molar-refractivity contribution in [3.05, 3.63) is 28.5 Å². The second-order valence-corrected chi connectivity index (χ2v) is 4.74. The van der Waals surface area contributed by atoms with Gasteiger partial charge in [0.1, 0.15) is 11.9 Å². The molecular weight excluding hydrogens is 256 g/mol. The third kappa shape index (κ3) is 1.32. The van der Waals surface area contributed by atoms with Gasteiger partial charge in [-0.1, -0.05) is 6.07 Å². The van der Waals surface area contributed by atoms with E-state index in [2.05, 4.69) is 25.5 Å². The largest absolute Gasteiger partial charge is 0.385 e. The van der Waals surface area contributed by atoms with Gasteiger partial charge in [-0.15, -0.1) is 0 Å². The van der Waals surface area contributed by atoms with Gasteiger partial charge in [0.2, 0.25) is 0 Å². The molecule has 2 heterocycles. The van der Waals surface area contributed by atoms with Crippen LogP contribution in [-0.2, 0) is 6.54 Å². The smallest absolute Gasteiger partial charge is 0.138 e. The van der Waals surface area contributed by atoms with E-state index in [1.54, 1.807) is 0 Å². The molecule has 0 saturated carbocycles. The molecule has 1 aliphatic heterocycles. The Hall–Kier alpha value is -0.870. The van der Waals surface area contributed by atoms with Crippen molar-refractivity contribution in [1.82, 2.24) is 9.55 Å². The summed E-state index contributed by atoms with van der Waals surface area (Å²) in [5, 5.41) is 9.85. The van der Waals surface area contributed by atoms with Crippen molar-refractivity contribution < 1.29 is 5.11 Å². The van der Waals surface area contributed by atoms with E-state index in [9.17, 15) is 5.11 Å². The van der Waals surface area contributed by atoms with Crippen LogP contribution in [0.5, 0.6) is 0 Å². The van der Waals surface area contributed by atoms with Crippen LogP contribution >= 0.6 is 15.9 Å². The summed E-state index contributed by atoms with van der Waals surface area (Å²) in [5.41, 5.74) is 2.06. The second-order valence-electron chi connectivity index (χ2n) is 3.89. The Balaban J connectivity index is 2.36. The molecule has 3 rings (SSSR count). The Bertz CT molecular complexity index is 521. The molecule has 3 nitrogen and oxygen atoms in total. The molecule has 1 N–H and O–H groups in total. The van der Waals surface area contributed by atoms with Crippen LogP contribution in [-0.4, -0.2) is 14.7 Å². The molecule has 78 valence electrons. The van der Waals surface area contributed by atoms with E-state index in [1.807, 2.05) is 18.2 Å². The number of hydrogen-bond donors (Lipinski definition) is 1. The van der Waals surface area contributed by atoms with Gasteiger partial charge >= 0.3 is 0 Å². The number of aromatic nitrogens is 2. The maximum Gasteiger partial charge on any atom is 0.138 e. The van der Waals surface area contributed by atoms with E-state index in [0.29, 0.717) is 0 Å². The fourth-order valence-electron chi connectivity index (χ4n) is 2.21. The molecular formula is C11H11BrN2O. The van der Waals surface area contributed by atoms with Crippen LogP contribution in [0.1, 0.15) is 24.8 Å². The highest BCUT2D eigenvalue weighted by molar-refractivity contribution is 9.10. The van der Waals surface area contributed by atoms with E-state index < -0.39 is 6.10 Å². The second kappa shape index (κ2) is 3.32. The number of imidazole rings is 1. The Morgan fingerprint density at radius 2 is 2.33 bits per heavy atom. The molecule has 0 bridgehead atoms. The normalized spacial score (nSPS) is 20.5. The van der Waals surface area contributed by atoms with Crippen LogP contribution in [0.25, 0.3) is 11.0 Å². The third-order valence-corrected chi connectivity index (χ3v) is 3.54. The Morgan fingerprint density at radius 1 is 1.47 bits per heavy atom. The molecule has 0 spiro atoms. The minimum absolute atomic E-state index is 0.405. The fraction of sp³-hybridized carbons (Fsp3) is 0.364. The van der Waals surface area contributed by atoms with Crippen LogP contribution in [0, 0.1) is 0 Å². The SMILES string of the molecule is OC1CCCn2c1nc1cccc(Br)c12. The maximum atomic E-state index is 9.85. The molecule has 15 heavy (non-hydrogen) atoms. The number of para-hydroxylation sites is 1. The molecule has 1 atom stereocenters. The number of rotatable bonds is 0. The molecule has 0 radical (unpaired) electrons. The lowest BCUT2D eigenvalue weighted by Crippen LogP contribution is -2.15. The monoisotopic (exact) mass is 266 g/mol. The molecule has 0 aliphatic carbocycles. The number of fused-ring (bicyclic) bond motifs is 3. The molecule has 1 aromatic heterocycles. The van der Waals surface area contributed by atoms with Gasteiger partial charge in [0.05, 0.1) is 11.0 Å². The third-order valence-electron chi connectivity index (χ3n) is 2.90. The van der Waals surface area contributed by atoms with Crippen LogP contribution in [0.4, 0.5) is 0 Å². The first-order chi connectivity index (χ1) is 7.27. The lowest BCUT2D eigenvalue weighted by atomic mass is 10.1. The van der Waals surface area contributed by atoms with E-state index in [1.165, 1.54) is 0 Å². The molecule has 1 aliphatic rings. The first-order valence-corrected chi connectivity index (χ1v) is 5.89. The zero-order valence-corrected chi connectivity index (χ0v) is 9.74. The van der Waals surface area contributed by atoms with E-state index in [-0.39, 0.29) is 0 Å². The van der Waals surface area contributed by atoms with E-state index in [0.717, 1.165) is 40.7 Å². The zero-order valence-electron chi connectivity index (χ0n) is 8.15. The summed E-state index contributed by atoms with van der Waals surface area (Å²) in [5.74, 6) is 0.808. The highest BCUT2D eigenvalue weighted by Gasteiger charge is 2.22. The summed E-state index contributed by atoms with van der Waals surface area (Å²) >= 11 is 3.53. The number of hydrogen-bond acceptors (Lipinski definition) is 2. The highest BCUT2D eigenvalue weighted by atomic mass is 79.9. The predicted molar refractivity (Wildman–Crippen MR) is 61.6 cm³/mol. The van der Waals surface area contributed by atoms with E-state index >= 15 is 0 Å². The highest BCUT2D eigenvalue weighted by Crippen LogP contribution is 2.32. The molecule has 0 saturated heterocycles. The number of aryl methyl sites for hydroxylation is 1. The van der Waals surface area contributed by atoms with Crippen molar-refractivity contribution in [3.8, 4) is 0 Å². The Labute approximate surface area is 95.9 Å². The van der Waals surface area contributed by atoms with Gasteiger partial charge in [0, 0.05) is 11.0 Å². The number of aliphatic hydroxyl groups excluding tert-OH is 1. The van der Waals surface area contributed by atoms with Gasteiger partial charge < -0.3 is 9.67 Å². The summed E-state index contributed by atoms with van der Waals surface area (Å²) in [6, 6.07) is 5.97. The zero-order chi connectivity index (χ0) is 10.4. The first kappa shape index (κ1) is 9.36. The minimum atomic E-state index is -0.405. The molecule has 4 heteroatoms. The molecule has 0 fully saturated rings. The average molecular weight is 267 g/mol. The lowest BCUT2D eigenvalue weighted by Gasteiger charge is -2.19. The van der Waals surface area contributed by atoms with Crippen molar-refractivity contribution in [3.63, 3.8) is 0 Å². The van der Waals surface area contributed by atoms with Gasteiger partial charge in [-0.25, -0.2) is 4.98 Å². The summed E-state index contributed by atoms with van der Waals surface area (Å²) in [4.78, 5) is 4.48. The molecule has 0 amide bonds. The minimum Gasteiger partial charge on any atom is -0.385 e. The summed E-state index contributed by atoms with van der Waals surface area (Å²) in [6.45, 7) is 0.950. The van der Waals surface area contributed by atoms with Gasteiger partial charge in [-0.3, -0.25) is 0 Å². The van der Waals surface area contributed by atoms with Crippen LogP contribution in [0.3, 0.4) is 0 Å². The van der Waals surface area contributed by atoms with Gasteiger partial charge in [-0.05, 0) is 40.9 Å². The number of halogens is 1. The predicted octanol–water partition coefficient (Wildman–Crippen LogP) is 2.63. The molecule has 1 unspecified atom stereocenters. The number of aliphatic hydroxyl groups is 1. The van der Waals surface area contributed by atoms with Crippen molar-refractivity contribution in [2.75, 3.05) is 0 Å². The first-order valence-electron chi connectivity index (χ1n) is 5.10. The van der Waals surface area contributed by atoms with Crippen molar-refractivity contribution in [1.29, 1.82) is 0 Å². The standard InChI is InChI=1S/C11H11BrN2O/c12-7-3-1-4-8-10(7)14-6-2-5-9(15)11(14)13-8/h1,3-4,9,15H,2,5-6H2.